The second-order valence-corrected chi connectivity index (χ2v) is 7.98. The van der Waals surface area contributed by atoms with Crippen molar-refractivity contribution >= 4 is 46.6 Å². The molecule has 0 saturated carbocycles. The first-order valence-electron chi connectivity index (χ1n) is 9.08. The van der Waals surface area contributed by atoms with Crippen molar-refractivity contribution in [3.05, 3.63) is 86.6 Å². The predicted molar refractivity (Wildman–Crippen MR) is 115 cm³/mol. The normalized spacial score (nSPS) is 17.6. The number of methoxy groups -OCH3 is 1. The van der Waals surface area contributed by atoms with Crippen LogP contribution < -0.4 is 0 Å². The number of halogens is 3. The van der Waals surface area contributed by atoms with E-state index in [0.29, 0.717) is 10.6 Å². The Morgan fingerprint density at radius 2 is 1.90 bits per heavy atom. The Morgan fingerprint density at radius 1 is 1.10 bits per heavy atom. The summed E-state index contributed by atoms with van der Waals surface area (Å²) in [5.41, 5.74) is 2.23. The van der Waals surface area contributed by atoms with Gasteiger partial charge in [0.25, 0.3) is 0 Å². The van der Waals surface area contributed by atoms with Crippen molar-refractivity contribution < 1.29 is 19.1 Å². The number of carbonyl (C=O) groups is 2. The molecule has 0 aliphatic carbocycles. The van der Waals surface area contributed by atoms with Crippen LogP contribution in [0.25, 0.3) is 5.69 Å². The summed E-state index contributed by atoms with van der Waals surface area (Å²) in [7, 11) is 1.31. The van der Waals surface area contributed by atoms with E-state index >= 15 is 0 Å². The van der Waals surface area contributed by atoms with Gasteiger partial charge in [0.2, 0.25) is 0 Å². The van der Waals surface area contributed by atoms with Gasteiger partial charge in [-0.2, -0.15) is 0 Å². The summed E-state index contributed by atoms with van der Waals surface area (Å²) in [4.78, 5) is 25.6. The lowest BCUT2D eigenvalue weighted by atomic mass is 9.98. The summed E-state index contributed by atoms with van der Waals surface area (Å²) < 4.78 is 12.9. The van der Waals surface area contributed by atoms with Gasteiger partial charge in [-0.3, -0.25) is 9.59 Å². The Kier molecular flexibility index (Phi) is 5.89. The number of benzene rings is 2. The molecule has 2 aromatic carbocycles. The van der Waals surface area contributed by atoms with Gasteiger partial charge < -0.3 is 14.0 Å². The van der Waals surface area contributed by atoms with E-state index in [1.54, 1.807) is 30.3 Å². The van der Waals surface area contributed by atoms with Gasteiger partial charge in [-0.05, 0) is 42.5 Å². The summed E-state index contributed by atoms with van der Waals surface area (Å²) in [6.07, 6.45) is 0.0132. The summed E-state index contributed by atoms with van der Waals surface area (Å²) in [6, 6.07) is 13.7. The second kappa shape index (κ2) is 8.44. The van der Waals surface area contributed by atoms with Crippen LogP contribution in [-0.2, 0) is 14.3 Å². The van der Waals surface area contributed by atoms with Gasteiger partial charge in [0.15, 0.2) is 5.78 Å². The van der Waals surface area contributed by atoms with Crippen LogP contribution in [-0.4, -0.2) is 23.4 Å². The summed E-state index contributed by atoms with van der Waals surface area (Å²) in [6.45, 7) is 0. The number of esters is 1. The monoisotopic (exact) mass is 463 g/mol. The van der Waals surface area contributed by atoms with Crippen LogP contribution in [0, 0.1) is 0 Å². The number of nitrogens with zero attached hydrogens (tertiary/aromatic N) is 1. The predicted octanol–water partition coefficient (Wildman–Crippen LogP) is 6.00. The quantitative estimate of drug-likeness (QED) is 0.351. The first kappa shape index (κ1) is 20.9. The van der Waals surface area contributed by atoms with Crippen LogP contribution >= 0.6 is 34.8 Å². The SMILES string of the molecule is COC(=O)C[C@@H]1O[C@@H](C(=O)c2cccc(Cl)c2Cl)c2cc(Cl)ccc2-n2cccc21. The van der Waals surface area contributed by atoms with E-state index in [9.17, 15) is 9.59 Å². The van der Waals surface area contributed by atoms with Crippen molar-refractivity contribution in [2.45, 2.75) is 18.6 Å². The topological polar surface area (TPSA) is 57.5 Å². The van der Waals surface area contributed by atoms with Crippen molar-refractivity contribution in [2.24, 2.45) is 0 Å². The van der Waals surface area contributed by atoms with Crippen molar-refractivity contribution in [2.75, 3.05) is 7.11 Å². The fourth-order valence-corrected chi connectivity index (χ4v) is 4.14. The minimum atomic E-state index is -1.05. The molecule has 1 aliphatic heterocycles. The fourth-order valence-electron chi connectivity index (χ4n) is 3.56. The number of fused-ring (bicyclic) bond motifs is 3. The first-order chi connectivity index (χ1) is 14.4. The number of Topliss-reactive ketones (excluding diaryl/α,β-unsaturated/α-hetero) is 1. The molecule has 0 saturated heterocycles. The minimum Gasteiger partial charge on any atom is -0.469 e. The Bertz CT molecular complexity index is 1140. The molecule has 5 nitrogen and oxygen atoms in total. The molecule has 8 heteroatoms. The van der Waals surface area contributed by atoms with E-state index < -0.39 is 18.2 Å². The number of hydrogen-bond acceptors (Lipinski definition) is 4. The number of carbonyl (C=O) groups excluding carboxylic acids is 2. The van der Waals surface area contributed by atoms with Crippen LogP contribution in [0.2, 0.25) is 15.1 Å². The molecule has 1 aliphatic rings. The van der Waals surface area contributed by atoms with Crippen molar-refractivity contribution in [3.63, 3.8) is 0 Å². The molecule has 0 fully saturated rings. The molecule has 0 bridgehead atoms. The first-order valence-corrected chi connectivity index (χ1v) is 10.2. The highest BCUT2D eigenvalue weighted by Crippen LogP contribution is 2.41. The molecule has 2 heterocycles. The molecule has 4 rings (SSSR count). The van der Waals surface area contributed by atoms with Crippen LogP contribution in [0.3, 0.4) is 0 Å². The van der Waals surface area contributed by atoms with Crippen LogP contribution in [0.4, 0.5) is 0 Å². The van der Waals surface area contributed by atoms with Gasteiger partial charge in [-0.1, -0.05) is 40.9 Å². The molecule has 30 heavy (non-hydrogen) atoms. The van der Waals surface area contributed by atoms with Crippen LogP contribution in [0.15, 0.2) is 54.7 Å². The third-order valence-corrected chi connectivity index (χ3v) is 6.03. The molecule has 0 unspecified atom stereocenters. The Morgan fingerprint density at radius 3 is 2.67 bits per heavy atom. The van der Waals surface area contributed by atoms with Gasteiger partial charge in [-0.15, -0.1) is 0 Å². The average molecular weight is 465 g/mol. The Labute approximate surface area is 188 Å². The van der Waals surface area contributed by atoms with Crippen molar-refractivity contribution in [1.82, 2.24) is 4.57 Å². The Hall–Kier alpha value is -2.31. The van der Waals surface area contributed by atoms with Crippen LogP contribution in [0.1, 0.15) is 40.2 Å². The third kappa shape index (κ3) is 3.74. The Balaban J connectivity index is 1.88. The van der Waals surface area contributed by atoms with E-state index in [0.717, 1.165) is 11.4 Å². The average Bonchev–Trinajstić information content (AvgIpc) is 3.17. The lowest BCUT2D eigenvalue weighted by Crippen LogP contribution is -2.20. The third-order valence-electron chi connectivity index (χ3n) is 4.98. The molecule has 0 spiro atoms. The van der Waals surface area contributed by atoms with E-state index in [4.69, 9.17) is 44.3 Å². The number of ketones is 1. The van der Waals surface area contributed by atoms with E-state index in [2.05, 4.69) is 0 Å². The number of aromatic nitrogens is 1. The standard InChI is InChI=1S/C22H16Cl3NO4/c1-29-19(27)11-18-17-6-3-9-26(17)16-8-7-12(23)10-14(16)22(30-18)21(28)13-4-2-5-15(24)20(13)25/h2-10,18,22H,11H2,1H3/t18-,22+/m0/s1. The number of hydrogen-bond donors (Lipinski definition) is 0. The summed E-state index contributed by atoms with van der Waals surface area (Å²) in [5.74, 6) is -0.838. The fraction of sp³-hybridized carbons (Fsp3) is 0.182. The molecule has 154 valence electrons. The van der Waals surface area contributed by atoms with Crippen molar-refractivity contribution in [1.29, 1.82) is 0 Å². The number of ether oxygens (including phenoxy) is 2. The van der Waals surface area contributed by atoms with Gasteiger partial charge >= 0.3 is 5.97 Å². The summed E-state index contributed by atoms with van der Waals surface area (Å²) in [5, 5.41) is 0.858. The lowest BCUT2D eigenvalue weighted by molar-refractivity contribution is -0.145. The zero-order chi connectivity index (χ0) is 21.4. The largest absolute Gasteiger partial charge is 0.469 e. The van der Waals surface area contributed by atoms with Crippen LogP contribution in [0.5, 0.6) is 0 Å². The van der Waals surface area contributed by atoms with E-state index in [1.165, 1.54) is 7.11 Å². The zero-order valence-electron chi connectivity index (χ0n) is 15.8. The van der Waals surface area contributed by atoms with Gasteiger partial charge in [0, 0.05) is 22.3 Å². The highest BCUT2D eigenvalue weighted by Gasteiger charge is 2.36. The van der Waals surface area contributed by atoms with E-state index in [-0.39, 0.29) is 27.8 Å². The van der Waals surface area contributed by atoms with Crippen molar-refractivity contribution in [3.8, 4) is 5.69 Å². The lowest BCUT2D eigenvalue weighted by Gasteiger charge is -2.22. The van der Waals surface area contributed by atoms with Gasteiger partial charge in [-0.25, -0.2) is 0 Å². The molecule has 2 atom stereocenters. The molecule has 0 amide bonds. The second-order valence-electron chi connectivity index (χ2n) is 6.76. The van der Waals surface area contributed by atoms with E-state index in [1.807, 2.05) is 29.0 Å². The zero-order valence-corrected chi connectivity index (χ0v) is 18.0. The highest BCUT2D eigenvalue weighted by atomic mass is 35.5. The molecular weight excluding hydrogens is 449 g/mol. The molecule has 1 aromatic heterocycles. The molecular formula is C22H16Cl3NO4. The molecule has 0 radical (unpaired) electrons. The highest BCUT2D eigenvalue weighted by molar-refractivity contribution is 6.44. The smallest absolute Gasteiger partial charge is 0.308 e. The van der Waals surface area contributed by atoms with Gasteiger partial charge in [0.05, 0.1) is 35.0 Å². The maximum Gasteiger partial charge on any atom is 0.308 e. The maximum atomic E-state index is 13.5. The molecule has 0 N–H and O–H groups in total. The number of rotatable bonds is 4. The van der Waals surface area contributed by atoms with Gasteiger partial charge in [0.1, 0.15) is 12.2 Å². The minimum absolute atomic E-state index is 0.0602. The molecule has 3 aromatic rings. The maximum absolute atomic E-state index is 13.5. The summed E-state index contributed by atoms with van der Waals surface area (Å²) >= 11 is 18.7.